The number of hydrogen-bond donors (Lipinski definition) is 2. The lowest BCUT2D eigenvalue weighted by Gasteiger charge is -2.15. The van der Waals surface area contributed by atoms with Crippen molar-refractivity contribution in [3.8, 4) is 0 Å². The number of carbonyl (C=O) groups is 1. The van der Waals surface area contributed by atoms with Crippen LogP contribution in [-0.4, -0.2) is 24.9 Å². The number of nitrogen functional groups attached to an aromatic ring is 1. The number of carbonyl (C=O) groups excluding carboxylic acids is 1. The summed E-state index contributed by atoms with van der Waals surface area (Å²) in [6.45, 7) is 0. The minimum Gasteiger partial charge on any atom is -0.397 e. The maximum absolute atomic E-state index is 13.8. The summed E-state index contributed by atoms with van der Waals surface area (Å²) in [6.07, 6.45) is 0. The summed E-state index contributed by atoms with van der Waals surface area (Å²) in [6, 6.07) is 9.15. The van der Waals surface area contributed by atoms with Gasteiger partial charge in [0.1, 0.15) is 5.82 Å². The molecule has 0 aromatic heterocycles. The maximum Gasteiger partial charge on any atom is 0.253 e. The Morgan fingerprint density at radius 1 is 1.29 bits per heavy atom. The van der Waals surface area contributed by atoms with E-state index in [1.54, 1.807) is 38.4 Å². The molecule has 0 bridgehead atoms. The standard InChI is InChI=1S/C15H15ClFN3O/c1-20(2)15(21)9-6-7-12(18)13(8-9)19-14-10(16)4-3-5-11(14)17/h3-8,19H,18H2,1-2H3. The van der Waals surface area contributed by atoms with E-state index >= 15 is 0 Å². The van der Waals surface area contributed by atoms with Crippen LogP contribution in [0.4, 0.5) is 21.5 Å². The SMILES string of the molecule is CN(C)C(=O)c1ccc(N)c(Nc2c(F)cccc2Cl)c1. The molecule has 0 aliphatic rings. The predicted molar refractivity (Wildman–Crippen MR) is 83.6 cm³/mol. The molecule has 0 aliphatic carbocycles. The molecule has 110 valence electrons. The van der Waals surface area contributed by atoms with E-state index in [-0.39, 0.29) is 16.6 Å². The molecule has 2 rings (SSSR count). The van der Waals surface area contributed by atoms with Crippen LogP contribution in [0, 0.1) is 5.82 Å². The van der Waals surface area contributed by atoms with Crippen molar-refractivity contribution in [2.24, 2.45) is 0 Å². The molecule has 0 aliphatic heterocycles. The topological polar surface area (TPSA) is 58.4 Å². The highest BCUT2D eigenvalue weighted by molar-refractivity contribution is 6.33. The van der Waals surface area contributed by atoms with Crippen LogP contribution in [-0.2, 0) is 0 Å². The molecule has 0 unspecified atom stereocenters. The fourth-order valence-corrected chi connectivity index (χ4v) is 2.02. The molecule has 4 nitrogen and oxygen atoms in total. The average Bonchev–Trinajstić information content (AvgIpc) is 2.44. The zero-order valence-corrected chi connectivity index (χ0v) is 12.4. The van der Waals surface area contributed by atoms with Gasteiger partial charge >= 0.3 is 0 Å². The molecule has 0 fully saturated rings. The molecule has 0 saturated heterocycles. The third-order valence-electron chi connectivity index (χ3n) is 2.93. The summed E-state index contributed by atoms with van der Waals surface area (Å²) in [4.78, 5) is 13.4. The second-order valence-corrected chi connectivity index (χ2v) is 5.13. The van der Waals surface area contributed by atoms with Crippen molar-refractivity contribution in [3.05, 3.63) is 52.8 Å². The van der Waals surface area contributed by atoms with E-state index in [9.17, 15) is 9.18 Å². The number of halogens is 2. The van der Waals surface area contributed by atoms with Crippen LogP contribution in [0.2, 0.25) is 5.02 Å². The van der Waals surface area contributed by atoms with Crippen LogP contribution in [0.15, 0.2) is 36.4 Å². The highest BCUT2D eigenvalue weighted by atomic mass is 35.5. The lowest BCUT2D eigenvalue weighted by Crippen LogP contribution is -2.21. The number of rotatable bonds is 3. The number of hydrogen-bond acceptors (Lipinski definition) is 3. The zero-order valence-electron chi connectivity index (χ0n) is 11.7. The number of nitrogens with zero attached hydrogens (tertiary/aromatic N) is 1. The fourth-order valence-electron chi connectivity index (χ4n) is 1.81. The molecule has 0 radical (unpaired) electrons. The van der Waals surface area contributed by atoms with E-state index < -0.39 is 5.82 Å². The number of amides is 1. The van der Waals surface area contributed by atoms with E-state index in [0.29, 0.717) is 16.9 Å². The third-order valence-corrected chi connectivity index (χ3v) is 3.24. The number of anilines is 3. The van der Waals surface area contributed by atoms with Gasteiger partial charge in [0.15, 0.2) is 0 Å². The average molecular weight is 308 g/mol. The van der Waals surface area contributed by atoms with Crippen LogP contribution < -0.4 is 11.1 Å². The molecule has 6 heteroatoms. The second-order valence-electron chi connectivity index (χ2n) is 4.72. The van der Waals surface area contributed by atoms with Gasteiger partial charge in [-0.05, 0) is 30.3 Å². The van der Waals surface area contributed by atoms with Gasteiger partial charge in [0.05, 0.1) is 22.1 Å². The number of nitrogens with two attached hydrogens (primary N) is 1. The summed E-state index contributed by atoms with van der Waals surface area (Å²) in [7, 11) is 3.30. The lowest BCUT2D eigenvalue weighted by molar-refractivity contribution is 0.0827. The molecular formula is C15H15ClFN3O. The minimum atomic E-state index is -0.494. The predicted octanol–water partition coefficient (Wildman–Crippen LogP) is 3.51. The quantitative estimate of drug-likeness (QED) is 0.853. The van der Waals surface area contributed by atoms with Crippen molar-refractivity contribution in [2.45, 2.75) is 0 Å². The van der Waals surface area contributed by atoms with Crippen molar-refractivity contribution in [2.75, 3.05) is 25.1 Å². The largest absolute Gasteiger partial charge is 0.397 e. The van der Waals surface area contributed by atoms with Gasteiger partial charge in [-0.3, -0.25) is 4.79 Å². The summed E-state index contributed by atoms with van der Waals surface area (Å²) in [5.74, 6) is -0.663. The highest BCUT2D eigenvalue weighted by Gasteiger charge is 2.13. The molecule has 1 amide bonds. The van der Waals surface area contributed by atoms with Gasteiger partial charge in [0.25, 0.3) is 5.91 Å². The Balaban J connectivity index is 2.40. The lowest BCUT2D eigenvalue weighted by atomic mass is 10.1. The normalized spacial score (nSPS) is 10.3. The molecule has 0 heterocycles. The number of benzene rings is 2. The minimum absolute atomic E-state index is 0.125. The van der Waals surface area contributed by atoms with Crippen LogP contribution in [0.25, 0.3) is 0 Å². The zero-order chi connectivity index (χ0) is 15.6. The van der Waals surface area contributed by atoms with Gasteiger partial charge in [-0.2, -0.15) is 0 Å². The van der Waals surface area contributed by atoms with E-state index in [2.05, 4.69) is 5.32 Å². The molecule has 0 spiro atoms. The first-order valence-corrected chi connectivity index (χ1v) is 6.60. The fraction of sp³-hybridized carbons (Fsp3) is 0.133. The van der Waals surface area contributed by atoms with Gasteiger partial charge < -0.3 is 16.0 Å². The Bertz CT molecular complexity index is 668. The molecule has 2 aromatic carbocycles. The van der Waals surface area contributed by atoms with Crippen molar-refractivity contribution in [1.82, 2.24) is 4.90 Å². The van der Waals surface area contributed by atoms with Crippen molar-refractivity contribution < 1.29 is 9.18 Å². The van der Waals surface area contributed by atoms with Gasteiger partial charge in [-0.1, -0.05) is 17.7 Å². The van der Waals surface area contributed by atoms with Gasteiger partial charge in [-0.15, -0.1) is 0 Å². The first-order valence-electron chi connectivity index (χ1n) is 6.22. The number of para-hydroxylation sites is 1. The van der Waals surface area contributed by atoms with Crippen LogP contribution in [0.3, 0.4) is 0 Å². The molecule has 21 heavy (non-hydrogen) atoms. The first kappa shape index (κ1) is 15.1. The third kappa shape index (κ3) is 3.25. The molecule has 0 saturated carbocycles. The van der Waals surface area contributed by atoms with E-state index in [1.165, 1.54) is 17.0 Å². The molecule has 0 atom stereocenters. The van der Waals surface area contributed by atoms with Crippen LogP contribution in [0.1, 0.15) is 10.4 Å². The van der Waals surface area contributed by atoms with Gasteiger partial charge in [0, 0.05) is 19.7 Å². The molecule has 3 N–H and O–H groups in total. The Kier molecular flexibility index (Phi) is 4.33. The summed E-state index contributed by atoms with van der Waals surface area (Å²) < 4.78 is 13.8. The van der Waals surface area contributed by atoms with Crippen LogP contribution in [0.5, 0.6) is 0 Å². The molecule has 2 aromatic rings. The second kappa shape index (κ2) is 6.01. The Morgan fingerprint density at radius 3 is 2.62 bits per heavy atom. The van der Waals surface area contributed by atoms with Crippen molar-refractivity contribution >= 4 is 34.6 Å². The Labute approximate surface area is 127 Å². The van der Waals surface area contributed by atoms with E-state index in [1.807, 2.05) is 0 Å². The summed E-state index contributed by atoms with van der Waals surface area (Å²) in [5, 5.41) is 3.08. The maximum atomic E-state index is 13.8. The summed E-state index contributed by atoms with van der Waals surface area (Å²) >= 11 is 5.97. The smallest absolute Gasteiger partial charge is 0.253 e. The Hall–Kier alpha value is -2.27. The van der Waals surface area contributed by atoms with E-state index in [0.717, 1.165) is 0 Å². The Morgan fingerprint density at radius 2 is 2.00 bits per heavy atom. The van der Waals surface area contributed by atoms with Gasteiger partial charge in [0.2, 0.25) is 0 Å². The van der Waals surface area contributed by atoms with E-state index in [4.69, 9.17) is 17.3 Å². The van der Waals surface area contributed by atoms with Crippen molar-refractivity contribution in [3.63, 3.8) is 0 Å². The highest BCUT2D eigenvalue weighted by Crippen LogP contribution is 2.31. The van der Waals surface area contributed by atoms with Gasteiger partial charge in [-0.25, -0.2) is 4.39 Å². The monoisotopic (exact) mass is 307 g/mol. The number of nitrogens with one attached hydrogen (secondary N) is 1. The summed E-state index contributed by atoms with van der Waals surface area (Å²) in [5.41, 5.74) is 7.25. The van der Waals surface area contributed by atoms with Crippen molar-refractivity contribution in [1.29, 1.82) is 0 Å². The van der Waals surface area contributed by atoms with Crippen LogP contribution >= 0.6 is 11.6 Å². The molecular weight excluding hydrogens is 293 g/mol. The first-order chi connectivity index (χ1) is 9.90.